The minimum absolute atomic E-state index is 0.00197. The molecule has 0 aliphatic carbocycles. The van der Waals surface area contributed by atoms with Gasteiger partial charge in [0.05, 0.1) is 0 Å². The van der Waals surface area contributed by atoms with Gasteiger partial charge in [0.15, 0.2) is 0 Å². The fourth-order valence-corrected chi connectivity index (χ4v) is 2.65. The molecule has 1 atom stereocenters. The highest BCUT2D eigenvalue weighted by molar-refractivity contribution is 5.97. The molecule has 0 spiro atoms. The first-order valence-electron chi connectivity index (χ1n) is 7.40. The second-order valence-electron chi connectivity index (χ2n) is 6.30. The predicted octanol–water partition coefficient (Wildman–Crippen LogP) is 2.29. The first-order chi connectivity index (χ1) is 10.3. The van der Waals surface area contributed by atoms with Crippen LogP contribution >= 0.6 is 0 Å². The summed E-state index contributed by atoms with van der Waals surface area (Å²) in [5.74, 6) is -0.0741. The summed E-state index contributed by atoms with van der Waals surface area (Å²) >= 11 is 0. The van der Waals surface area contributed by atoms with Crippen LogP contribution in [0, 0.1) is 5.92 Å². The number of hydrogen-bond acceptors (Lipinski definition) is 4. The van der Waals surface area contributed by atoms with Gasteiger partial charge in [-0.15, -0.1) is 0 Å². The van der Waals surface area contributed by atoms with Crippen molar-refractivity contribution in [2.45, 2.75) is 32.7 Å². The number of fused-ring (bicyclic) bond motifs is 1. The lowest BCUT2D eigenvalue weighted by Gasteiger charge is -2.31. The number of carbonyl (C=O) groups is 1. The number of hydrogen-bond donors (Lipinski definition) is 2. The second kappa shape index (κ2) is 6.32. The van der Waals surface area contributed by atoms with Crippen LogP contribution in [-0.2, 0) is 0 Å². The maximum absolute atomic E-state index is 12.4. The molecule has 2 rings (SSSR count). The molecule has 118 valence electrons. The van der Waals surface area contributed by atoms with Crippen LogP contribution in [0.5, 0.6) is 0 Å². The van der Waals surface area contributed by atoms with E-state index in [0.717, 1.165) is 6.42 Å². The van der Waals surface area contributed by atoms with Crippen molar-refractivity contribution < 1.29 is 9.21 Å². The van der Waals surface area contributed by atoms with E-state index in [4.69, 9.17) is 10.2 Å². The van der Waals surface area contributed by atoms with Gasteiger partial charge in [0.1, 0.15) is 11.1 Å². The molecule has 0 fully saturated rings. The Morgan fingerprint density at radius 3 is 2.68 bits per heavy atom. The average molecular weight is 302 g/mol. The van der Waals surface area contributed by atoms with Gasteiger partial charge in [0.2, 0.25) is 0 Å². The van der Waals surface area contributed by atoms with Crippen LogP contribution in [0.1, 0.15) is 37.6 Å². The predicted molar refractivity (Wildman–Crippen MR) is 86.9 cm³/mol. The smallest absolute Gasteiger partial charge is 0.349 e. The molecule has 0 aliphatic rings. The largest absolute Gasteiger partial charge is 0.422 e. The zero-order chi connectivity index (χ0) is 16.3. The van der Waals surface area contributed by atoms with Crippen molar-refractivity contribution in [3.8, 4) is 0 Å². The van der Waals surface area contributed by atoms with Crippen LogP contribution in [0.4, 0.5) is 0 Å². The minimum atomic E-state index is -0.639. The van der Waals surface area contributed by atoms with Crippen LogP contribution in [0.15, 0.2) is 39.5 Å². The number of rotatable bonds is 5. The van der Waals surface area contributed by atoms with Crippen LogP contribution in [0.2, 0.25) is 0 Å². The lowest BCUT2D eigenvalue weighted by atomic mass is 9.90. The number of para-hydroxylation sites is 1. The normalized spacial score (nSPS) is 14.0. The molecule has 0 aliphatic heterocycles. The molecule has 1 amide bonds. The van der Waals surface area contributed by atoms with Gasteiger partial charge >= 0.3 is 5.63 Å². The van der Waals surface area contributed by atoms with E-state index in [9.17, 15) is 9.59 Å². The Bertz CT molecular complexity index is 736. The van der Waals surface area contributed by atoms with E-state index in [1.54, 1.807) is 24.3 Å². The molecular formula is C17H22N2O3. The third-order valence-electron chi connectivity index (χ3n) is 3.61. The Morgan fingerprint density at radius 1 is 1.36 bits per heavy atom. The van der Waals surface area contributed by atoms with Crippen molar-refractivity contribution in [2.24, 2.45) is 11.7 Å². The highest BCUT2D eigenvalue weighted by atomic mass is 16.4. The number of benzene rings is 1. The molecule has 1 aromatic carbocycles. The highest BCUT2D eigenvalue weighted by Crippen LogP contribution is 2.17. The first-order valence-corrected chi connectivity index (χ1v) is 7.40. The van der Waals surface area contributed by atoms with Gasteiger partial charge < -0.3 is 15.5 Å². The molecular weight excluding hydrogens is 280 g/mol. The van der Waals surface area contributed by atoms with Crippen LogP contribution in [-0.4, -0.2) is 18.0 Å². The summed E-state index contributed by atoms with van der Waals surface area (Å²) in [7, 11) is 0. The minimum Gasteiger partial charge on any atom is -0.422 e. The summed E-state index contributed by atoms with van der Waals surface area (Å²) in [6, 6.07) is 8.65. The van der Waals surface area contributed by atoms with Crippen LogP contribution in [0.25, 0.3) is 11.0 Å². The van der Waals surface area contributed by atoms with Crippen molar-refractivity contribution in [1.82, 2.24) is 5.32 Å². The summed E-state index contributed by atoms with van der Waals surface area (Å²) < 4.78 is 5.20. The summed E-state index contributed by atoms with van der Waals surface area (Å²) in [5.41, 5.74) is 5.07. The van der Waals surface area contributed by atoms with Gasteiger partial charge in [-0.2, -0.15) is 0 Å². The van der Waals surface area contributed by atoms with Gasteiger partial charge in [-0.25, -0.2) is 4.79 Å². The molecule has 2 aromatic rings. The third-order valence-corrected chi connectivity index (χ3v) is 3.61. The Balaban J connectivity index is 2.33. The monoisotopic (exact) mass is 302 g/mol. The Labute approximate surface area is 129 Å². The molecule has 0 saturated heterocycles. The van der Waals surface area contributed by atoms with Crippen LogP contribution < -0.4 is 16.7 Å². The van der Waals surface area contributed by atoms with E-state index >= 15 is 0 Å². The molecule has 0 bridgehead atoms. The molecule has 1 heterocycles. The Hall–Kier alpha value is -2.14. The van der Waals surface area contributed by atoms with E-state index in [-0.39, 0.29) is 5.56 Å². The summed E-state index contributed by atoms with van der Waals surface area (Å²) in [6.07, 6.45) is 0.730. The fraction of sp³-hybridized carbons (Fsp3) is 0.412. The van der Waals surface area contributed by atoms with Crippen molar-refractivity contribution in [3.63, 3.8) is 0 Å². The van der Waals surface area contributed by atoms with E-state index in [1.165, 1.54) is 0 Å². The van der Waals surface area contributed by atoms with Crippen molar-refractivity contribution >= 4 is 16.9 Å². The molecule has 5 nitrogen and oxygen atoms in total. The van der Waals surface area contributed by atoms with Crippen molar-refractivity contribution in [2.75, 3.05) is 6.54 Å². The summed E-state index contributed by atoms with van der Waals surface area (Å²) in [5, 5.41) is 3.59. The Kier molecular flexibility index (Phi) is 4.66. The Morgan fingerprint density at radius 2 is 2.05 bits per heavy atom. The zero-order valence-electron chi connectivity index (χ0n) is 13.2. The van der Waals surface area contributed by atoms with Gasteiger partial charge in [0.25, 0.3) is 5.91 Å². The summed E-state index contributed by atoms with van der Waals surface area (Å²) in [6.45, 7) is 6.30. The standard InChI is InChI=1S/C17H22N2O3/c1-11(2)9-17(3,10-18)19-15(20)13-8-12-6-4-5-7-14(12)22-16(13)21/h4-8,11H,9-10,18H2,1-3H3,(H,19,20). The highest BCUT2D eigenvalue weighted by Gasteiger charge is 2.27. The number of nitrogens with one attached hydrogen (secondary N) is 1. The third kappa shape index (κ3) is 3.54. The number of amides is 1. The van der Waals surface area contributed by atoms with E-state index < -0.39 is 17.1 Å². The van der Waals surface area contributed by atoms with Gasteiger partial charge in [0, 0.05) is 17.5 Å². The first kappa shape index (κ1) is 16.2. The maximum atomic E-state index is 12.4. The molecule has 1 aromatic heterocycles. The van der Waals surface area contributed by atoms with Gasteiger partial charge in [-0.05, 0) is 31.4 Å². The average Bonchev–Trinajstić information content (AvgIpc) is 2.45. The topological polar surface area (TPSA) is 85.3 Å². The molecule has 0 radical (unpaired) electrons. The van der Waals surface area contributed by atoms with E-state index in [2.05, 4.69) is 19.2 Å². The fourth-order valence-electron chi connectivity index (χ4n) is 2.65. The van der Waals surface area contributed by atoms with Gasteiger partial charge in [-0.1, -0.05) is 32.0 Å². The van der Waals surface area contributed by atoms with Crippen LogP contribution in [0.3, 0.4) is 0 Å². The quantitative estimate of drug-likeness (QED) is 0.830. The lowest BCUT2D eigenvalue weighted by molar-refractivity contribution is 0.0894. The zero-order valence-corrected chi connectivity index (χ0v) is 13.2. The number of nitrogens with two attached hydrogens (primary N) is 1. The van der Waals surface area contributed by atoms with Gasteiger partial charge in [-0.3, -0.25) is 4.79 Å². The van der Waals surface area contributed by atoms with Crippen molar-refractivity contribution in [1.29, 1.82) is 0 Å². The number of carbonyl (C=O) groups excluding carboxylic acids is 1. The molecule has 22 heavy (non-hydrogen) atoms. The maximum Gasteiger partial charge on any atom is 0.349 e. The summed E-state index contributed by atoms with van der Waals surface area (Å²) in [4.78, 5) is 24.5. The molecule has 3 N–H and O–H groups in total. The second-order valence-corrected chi connectivity index (χ2v) is 6.30. The molecule has 1 unspecified atom stereocenters. The van der Waals surface area contributed by atoms with E-state index in [1.807, 2.05) is 13.0 Å². The molecule has 0 saturated carbocycles. The van der Waals surface area contributed by atoms with Crippen molar-refractivity contribution in [3.05, 3.63) is 46.3 Å². The van der Waals surface area contributed by atoms with E-state index in [0.29, 0.717) is 23.4 Å². The molecule has 5 heteroatoms. The SMILES string of the molecule is CC(C)CC(C)(CN)NC(=O)c1cc2ccccc2oc1=O. The lowest BCUT2D eigenvalue weighted by Crippen LogP contribution is -2.52.